The number of nitrogens with one attached hydrogen (secondary N) is 1. The molecule has 5 nitrogen and oxygen atoms in total. The largest absolute Gasteiger partial charge is 0.339 e. The average molecular weight is 281 g/mol. The molecule has 2 rings (SSSR count). The molecule has 2 fully saturated rings. The maximum absolute atomic E-state index is 12.0. The van der Waals surface area contributed by atoms with Gasteiger partial charge in [0, 0.05) is 51.6 Å². The molecule has 1 heterocycles. The van der Waals surface area contributed by atoms with Crippen molar-refractivity contribution >= 4 is 11.8 Å². The third-order valence-electron chi connectivity index (χ3n) is 3.92. The number of nitrogens with zero attached hydrogens (tertiary/aromatic N) is 2. The quantitative estimate of drug-likeness (QED) is 0.785. The fraction of sp³-hybridized carbons (Fsp3) is 0.867. The molecule has 1 saturated carbocycles. The predicted octanol–water partition coefficient (Wildman–Crippen LogP) is 0.845. The monoisotopic (exact) mass is 281 g/mol. The number of carbonyl (C=O) groups excluding carboxylic acids is 2. The maximum Gasteiger partial charge on any atom is 0.223 e. The molecule has 0 atom stereocenters. The molecule has 20 heavy (non-hydrogen) atoms. The Morgan fingerprint density at radius 3 is 2.10 bits per heavy atom. The summed E-state index contributed by atoms with van der Waals surface area (Å²) in [4.78, 5) is 27.8. The van der Waals surface area contributed by atoms with Gasteiger partial charge in [-0.15, -0.1) is 0 Å². The molecule has 0 radical (unpaired) electrons. The summed E-state index contributed by atoms with van der Waals surface area (Å²) >= 11 is 0. The van der Waals surface area contributed by atoms with Crippen LogP contribution in [0.5, 0.6) is 0 Å². The lowest BCUT2D eigenvalue weighted by Crippen LogP contribution is -2.51. The molecule has 2 amide bonds. The molecule has 1 aliphatic carbocycles. The zero-order valence-corrected chi connectivity index (χ0v) is 12.7. The molecule has 0 aromatic heterocycles. The molecular formula is C15H27N3O2. The van der Waals surface area contributed by atoms with E-state index in [-0.39, 0.29) is 11.8 Å². The molecule has 114 valence electrons. The molecule has 0 bridgehead atoms. The number of piperazine rings is 1. The van der Waals surface area contributed by atoms with Gasteiger partial charge in [-0.3, -0.25) is 9.59 Å². The number of hydrogen-bond donors (Lipinski definition) is 1. The van der Waals surface area contributed by atoms with Crippen LogP contribution in [-0.4, -0.2) is 60.4 Å². The minimum atomic E-state index is 0.217. The average Bonchev–Trinajstić information content (AvgIpc) is 3.22. The van der Waals surface area contributed by atoms with E-state index in [0.29, 0.717) is 51.0 Å². The van der Waals surface area contributed by atoms with Gasteiger partial charge in [-0.1, -0.05) is 13.8 Å². The standard InChI is InChI=1S/C15H27N3O2/c1-12(2)11-15(20)18-9-7-17(8-10-18)14(19)5-6-16-13-3-4-13/h12-13,16H,3-11H2,1-2H3. The third kappa shape index (κ3) is 4.78. The summed E-state index contributed by atoms with van der Waals surface area (Å²) in [5, 5.41) is 3.36. The van der Waals surface area contributed by atoms with E-state index in [1.54, 1.807) is 0 Å². The summed E-state index contributed by atoms with van der Waals surface area (Å²) in [6.07, 6.45) is 3.70. The highest BCUT2D eigenvalue weighted by Gasteiger charge is 2.25. The highest BCUT2D eigenvalue weighted by molar-refractivity contribution is 5.78. The van der Waals surface area contributed by atoms with E-state index in [1.165, 1.54) is 12.8 Å². The van der Waals surface area contributed by atoms with Crippen LogP contribution < -0.4 is 5.32 Å². The molecule has 2 aliphatic rings. The highest BCUT2D eigenvalue weighted by atomic mass is 16.2. The molecule has 1 N–H and O–H groups in total. The lowest BCUT2D eigenvalue weighted by molar-refractivity contribution is -0.139. The normalized spacial score (nSPS) is 19.6. The van der Waals surface area contributed by atoms with Gasteiger partial charge in [0.2, 0.25) is 11.8 Å². The van der Waals surface area contributed by atoms with Crippen molar-refractivity contribution in [3.8, 4) is 0 Å². The maximum atomic E-state index is 12.0. The van der Waals surface area contributed by atoms with E-state index >= 15 is 0 Å². The molecule has 0 aromatic rings. The fourth-order valence-corrected chi connectivity index (χ4v) is 2.51. The van der Waals surface area contributed by atoms with E-state index in [4.69, 9.17) is 0 Å². The van der Waals surface area contributed by atoms with Crippen LogP contribution in [0.3, 0.4) is 0 Å². The Labute approximate surface area is 121 Å². The van der Waals surface area contributed by atoms with Crippen molar-refractivity contribution < 1.29 is 9.59 Å². The van der Waals surface area contributed by atoms with Crippen molar-refractivity contribution in [1.29, 1.82) is 0 Å². The van der Waals surface area contributed by atoms with Crippen molar-refractivity contribution in [1.82, 2.24) is 15.1 Å². The Morgan fingerprint density at radius 1 is 1.05 bits per heavy atom. The molecule has 0 aromatic carbocycles. The lowest BCUT2D eigenvalue weighted by Gasteiger charge is -2.35. The Morgan fingerprint density at radius 2 is 1.60 bits per heavy atom. The van der Waals surface area contributed by atoms with Gasteiger partial charge >= 0.3 is 0 Å². The summed E-state index contributed by atoms with van der Waals surface area (Å²) in [5.41, 5.74) is 0. The number of amides is 2. The molecule has 0 spiro atoms. The van der Waals surface area contributed by atoms with Gasteiger partial charge in [0.1, 0.15) is 0 Å². The summed E-state index contributed by atoms with van der Waals surface area (Å²) in [7, 11) is 0. The predicted molar refractivity (Wildman–Crippen MR) is 78.3 cm³/mol. The van der Waals surface area contributed by atoms with Crippen LogP contribution in [0.15, 0.2) is 0 Å². The minimum absolute atomic E-state index is 0.217. The Balaban J connectivity index is 1.64. The zero-order valence-electron chi connectivity index (χ0n) is 12.7. The van der Waals surface area contributed by atoms with Gasteiger partial charge in [0.05, 0.1) is 0 Å². The van der Waals surface area contributed by atoms with Crippen molar-refractivity contribution in [3.63, 3.8) is 0 Å². The second-order valence-corrected chi connectivity index (χ2v) is 6.34. The molecule has 0 unspecified atom stereocenters. The SMILES string of the molecule is CC(C)CC(=O)N1CCN(C(=O)CCNC2CC2)CC1. The smallest absolute Gasteiger partial charge is 0.223 e. The van der Waals surface area contributed by atoms with E-state index in [9.17, 15) is 9.59 Å². The van der Waals surface area contributed by atoms with Crippen LogP contribution in [-0.2, 0) is 9.59 Å². The first-order valence-corrected chi connectivity index (χ1v) is 7.85. The zero-order chi connectivity index (χ0) is 14.5. The second-order valence-electron chi connectivity index (χ2n) is 6.34. The fourth-order valence-electron chi connectivity index (χ4n) is 2.51. The highest BCUT2D eigenvalue weighted by Crippen LogP contribution is 2.18. The van der Waals surface area contributed by atoms with Gasteiger partial charge in [-0.05, 0) is 18.8 Å². The van der Waals surface area contributed by atoms with Gasteiger partial charge < -0.3 is 15.1 Å². The summed E-state index contributed by atoms with van der Waals surface area (Å²) in [6.45, 7) is 7.66. The van der Waals surface area contributed by atoms with Crippen LogP contribution >= 0.6 is 0 Å². The van der Waals surface area contributed by atoms with Crippen molar-refractivity contribution in [2.45, 2.75) is 45.6 Å². The summed E-state index contributed by atoms with van der Waals surface area (Å²) in [5.74, 6) is 0.840. The minimum Gasteiger partial charge on any atom is -0.339 e. The first-order chi connectivity index (χ1) is 9.56. The van der Waals surface area contributed by atoms with Crippen molar-refractivity contribution in [2.24, 2.45) is 5.92 Å². The lowest BCUT2D eigenvalue weighted by atomic mass is 10.1. The van der Waals surface area contributed by atoms with E-state index in [2.05, 4.69) is 19.2 Å². The Kier molecular flexibility index (Phi) is 5.40. The van der Waals surface area contributed by atoms with Crippen molar-refractivity contribution in [3.05, 3.63) is 0 Å². The Hall–Kier alpha value is -1.10. The van der Waals surface area contributed by atoms with Gasteiger partial charge in [-0.2, -0.15) is 0 Å². The molecule has 1 saturated heterocycles. The number of carbonyl (C=O) groups is 2. The van der Waals surface area contributed by atoms with Gasteiger partial charge in [-0.25, -0.2) is 0 Å². The van der Waals surface area contributed by atoms with E-state index in [1.807, 2.05) is 9.80 Å². The molecule has 5 heteroatoms. The van der Waals surface area contributed by atoms with Gasteiger partial charge in [0.15, 0.2) is 0 Å². The summed E-state index contributed by atoms with van der Waals surface area (Å²) < 4.78 is 0. The first-order valence-electron chi connectivity index (χ1n) is 7.85. The van der Waals surface area contributed by atoms with E-state index in [0.717, 1.165) is 6.54 Å². The number of hydrogen-bond acceptors (Lipinski definition) is 3. The van der Waals surface area contributed by atoms with Crippen LogP contribution in [0.25, 0.3) is 0 Å². The first kappa shape index (κ1) is 15.3. The summed E-state index contributed by atoms with van der Waals surface area (Å²) in [6, 6.07) is 0.660. The third-order valence-corrected chi connectivity index (χ3v) is 3.92. The second kappa shape index (κ2) is 7.07. The number of rotatable bonds is 6. The van der Waals surface area contributed by atoms with Crippen molar-refractivity contribution in [2.75, 3.05) is 32.7 Å². The van der Waals surface area contributed by atoms with Gasteiger partial charge in [0.25, 0.3) is 0 Å². The van der Waals surface area contributed by atoms with Crippen LogP contribution in [0, 0.1) is 5.92 Å². The van der Waals surface area contributed by atoms with Crippen LogP contribution in [0.2, 0.25) is 0 Å². The molecular weight excluding hydrogens is 254 g/mol. The Bertz CT molecular complexity index is 345. The van der Waals surface area contributed by atoms with Crippen LogP contribution in [0.4, 0.5) is 0 Å². The molecule has 1 aliphatic heterocycles. The van der Waals surface area contributed by atoms with E-state index < -0.39 is 0 Å². The van der Waals surface area contributed by atoms with Crippen LogP contribution in [0.1, 0.15) is 39.5 Å². The topological polar surface area (TPSA) is 52.7 Å².